The molecule has 0 aromatic carbocycles. The standard InChI is InChI=1S/C4HF5O2/c5-2(6)1(3(10)11)4(7,8)9/h(H,10,11)/p-1. The highest BCUT2D eigenvalue weighted by Crippen LogP contribution is 2.28. The summed E-state index contributed by atoms with van der Waals surface area (Å²) in [5, 5.41) is 9.42. The molecule has 0 N–H and O–H groups in total. The second-order valence-electron chi connectivity index (χ2n) is 1.42. The van der Waals surface area contributed by atoms with Crippen LogP contribution in [0.2, 0.25) is 0 Å². The number of carbonyl (C=O) groups excluding carboxylic acids is 1. The maximum Gasteiger partial charge on any atom is 0.423 e. The number of hydrogen-bond donors (Lipinski definition) is 0. The van der Waals surface area contributed by atoms with Gasteiger partial charge >= 0.3 is 6.18 Å². The van der Waals surface area contributed by atoms with Crippen LogP contribution in [0.15, 0.2) is 11.7 Å². The molecule has 0 aromatic rings. The van der Waals surface area contributed by atoms with Crippen molar-refractivity contribution in [2.45, 2.75) is 6.18 Å². The zero-order valence-electron chi connectivity index (χ0n) is 4.71. The van der Waals surface area contributed by atoms with Crippen LogP contribution in [0.1, 0.15) is 0 Å². The van der Waals surface area contributed by atoms with Gasteiger partial charge in [-0.25, -0.2) is 0 Å². The lowest BCUT2D eigenvalue weighted by atomic mass is 10.3. The van der Waals surface area contributed by atoms with Crippen molar-refractivity contribution in [1.82, 2.24) is 0 Å². The van der Waals surface area contributed by atoms with E-state index in [0.29, 0.717) is 0 Å². The van der Waals surface area contributed by atoms with E-state index >= 15 is 0 Å². The lowest BCUT2D eigenvalue weighted by Crippen LogP contribution is -2.32. The van der Waals surface area contributed by atoms with Gasteiger partial charge in [-0.3, -0.25) is 0 Å². The van der Waals surface area contributed by atoms with Crippen LogP contribution in [0.4, 0.5) is 22.0 Å². The fraction of sp³-hybridized carbons (Fsp3) is 0.250. The first kappa shape index (κ1) is 9.86. The minimum absolute atomic E-state index is 2.93. The molecule has 0 aliphatic rings. The molecule has 0 bridgehead atoms. The topological polar surface area (TPSA) is 40.1 Å². The number of rotatable bonds is 1. The van der Waals surface area contributed by atoms with E-state index < -0.39 is 23.8 Å². The van der Waals surface area contributed by atoms with Gasteiger partial charge in [-0.15, -0.1) is 0 Å². The number of alkyl halides is 3. The fourth-order valence-electron chi connectivity index (χ4n) is 0.300. The Bertz CT molecular complexity index is 199. The van der Waals surface area contributed by atoms with E-state index in [4.69, 9.17) is 0 Å². The molecule has 0 rings (SSSR count). The van der Waals surface area contributed by atoms with E-state index in [1.165, 1.54) is 0 Å². The van der Waals surface area contributed by atoms with Crippen molar-refractivity contribution in [2.24, 2.45) is 0 Å². The summed E-state index contributed by atoms with van der Waals surface area (Å²) in [4.78, 5) is 9.42. The molecule has 0 aromatic heterocycles. The minimum atomic E-state index is -5.57. The lowest BCUT2D eigenvalue weighted by molar-refractivity contribution is -0.304. The predicted octanol–water partition coefficient (Wildman–Crippen LogP) is 0.449. The summed E-state index contributed by atoms with van der Waals surface area (Å²) in [6, 6.07) is 0. The van der Waals surface area contributed by atoms with Crippen LogP contribution in [-0.4, -0.2) is 12.1 Å². The van der Waals surface area contributed by atoms with E-state index in [1.54, 1.807) is 0 Å². The molecule has 0 amide bonds. The van der Waals surface area contributed by atoms with Crippen LogP contribution in [0.5, 0.6) is 0 Å². The molecule has 0 atom stereocenters. The molecular formula is C4F5O2-. The highest BCUT2D eigenvalue weighted by molar-refractivity contribution is 5.86. The molecule has 0 spiro atoms. The van der Waals surface area contributed by atoms with Gasteiger partial charge in [0.15, 0.2) is 0 Å². The molecule has 0 fully saturated rings. The summed E-state index contributed by atoms with van der Waals surface area (Å²) in [6.45, 7) is 0. The van der Waals surface area contributed by atoms with Gasteiger partial charge < -0.3 is 9.90 Å². The van der Waals surface area contributed by atoms with E-state index in [-0.39, 0.29) is 0 Å². The molecule has 64 valence electrons. The molecule has 7 heteroatoms. The summed E-state index contributed by atoms with van der Waals surface area (Å²) in [6.07, 6.45) is -8.88. The van der Waals surface area contributed by atoms with Gasteiger partial charge in [-0.2, -0.15) is 22.0 Å². The molecule has 0 heterocycles. The van der Waals surface area contributed by atoms with Crippen LogP contribution < -0.4 is 5.11 Å². The summed E-state index contributed by atoms with van der Waals surface area (Å²) in [5.74, 6) is -2.93. The molecule has 0 unspecified atom stereocenters. The Labute approximate surface area is 56.9 Å². The highest BCUT2D eigenvalue weighted by Gasteiger charge is 2.38. The first-order valence-electron chi connectivity index (χ1n) is 2.10. The second-order valence-corrected chi connectivity index (χ2v) is 1.42. The van der Waals surface area contributed by atoms with Crippen LogP contribution in [-0.2, 0) is 4.79 Å². The lowest BCUT2D eigenvalue weighted by Gasteiger charge is -2.09. The zero-order chi connectivity index (χ0) is 9.23. The van der Waals surface area contributed by atoms with Gasteiger partial charge in [0.25, 0.3) is 6.08 Å². The first-order chi connectivity index (χ1) is 4.76. The molecule has 11 heavy (non-hydrogen) atoms. The molecule has 0 saturated heterocycles. The van der Waals surface area contributed by atoms with Gasteiger partial charge in [0.1, 0.15) is 5.57 Å². The number of carboxylic acid groups (broad SMARTS) is 1. The number of halogens is 5. The molecule has 2 nitrogen and oxygen atoms in total. The van der Waals surface area contributed by atoms with Crippen molar-refractivity contribution in [1.29, 1.82) is 0 Å². The van der Waals surface area contributed by atoms with Crippen molar-refractivity contribution in [3.05, 3.63) is 11.7 Å². The maximum atomic E-state index is 11.3. The summed E-state index contributed by atoms with van der Waals surface area (Å²) in [5.41, 5.74) is -2.93. The van der Waals surface area contributed by atoms with Crippen molar-refractivity contribution < 1.29 is 31.9 Å². The van der Waals surface area contributed by atoms with Gasteiger partial charge in [-0.05, 0) is 0 Å². The number of aliphatic carboxylic acids is 1. The summed E-state index contributed by atoms with van der Waals surface area (Å²) >= 11 is 0. The highest BCUT2D eigenvalue weighted by atomic mass is 19.4. The molecule has 0 radical (unpaired) electrons. The van der Waals surface area contributed by atoms with Crippen molar-refractivity contribution >= 4 is 5.97 Å². The zero-order valence-corrected chi connectivity index (χ0v) is 4.71. The van der Waals surface area contributed by atoms with Crippen molar-refractivity contribution in [2.75, 3.05) is 0 Å². The molecule has 0 saturated carbocycles. The third-order valence-electron chi connectivity index (χ3n) is 0.677. The van der Waals surface area contributed by atoms with Gasteiger partial charge in [0.05, 0.1) is 5.97 Å². The molecule has 0 aliphatic carbocycles. The SMILES string of the molecule is O=C([O-])C(=C(F)F)C(F)(F)F. The minimum Gasteiger partial charge on any atom is -0.545 e. The van der Waals surface area contributed by atoms with Crippen LogP contribution in [0, 0.1) is 0 Å². The summed E-state index contributed by atoms with van der Waals surface area (Å²) in [7, 11) is 0. The first-order valence-corrected chi connectivity index (χ1v) is 2.10. The second kappa shape index (κ2) is 2.85. The van der Waals surface area contributed by atoms with Crippen LogP contribution >= 0.6 is 0 Å². The molecule has 0 aliphatic heterocycles. The van der Waals surface area contributed by atoms with E-state index in [9.17, 15) is 31.9 Å². The Balaban J connectivity index is 4.96. The average Bonchev–Trinajstić information content (AvgIpc) is 1.54. The number of hydrogen-bond acceptors (Lipinski definition) is 2. The van der Waals surface area contributed by atoms with Gasteiger partial charge in [0.2, 0.25) is 0 Å². The Morgan fingerprint density at radius 3 is 1.55 bits per heavy atom. The maximum absolute atomic E-state index is 11.3. The Kier molecular flexibility index (Phi) is 2.55. The van der Waals surface area contributed by atoms with Gasteiger partial charge in [0, 0.05) is 0 Å². The predicted molar refractivity (Wildman–Crippen MR) is 20.3 cm³/mol. The molecular weight excluding hydrogens is 175 g/mol. The van der Waals surface area contributed by atoms with Crippen molar-refractivity contribution in [3.8, 4) is 0 Å². The Hall–Kier alpha value is -1.14. The monoisotopic (exact) mass is 175 g/mol. The number of carboxylic acids is 1. The third-order valence-corrected chi connectivity index (χ3v) is 0.677. The Morgan fingerprint density at radius 2 is 1.55 bits per heavy atom. The van der Waals surface area contributed by atoms with Crippen LogP contribution in [0.3, 0.4) is 0 Å². The number of carbonyl (C=O) groups is 1. The normalized spacial score (nSPS) is 11.0. The van der Waals surface area contributed by atoms with E-state index in [0.717, 1.165) is 0 Å². The van der Waals surface area contributed by atoms with Crippen molar-refractivity contribution in [3.63, 3.8) is 0 Å². The largest absolute Gasteiger partial charge is 0.545 e. The quantitative estimate of drug-likeness (QED) is 0.428. The van der Waals surface area contributed by atoms with E-state index in [2.05, 4.69) is 0 Å². The average molecular weight is 175 g/mol. The van der Waals surface area contributed by atoms with E-state index in [1.807, 2.05) is 0 Å². The fourth-order valence-corrected chi connectivity index (χ4v) is 0.300. The summed E-state index contributed by atoms with van der Waals surface area (Å²) < 4.78 is 56.2. The Morgan fingerprint density at radius 1 is 1.18 bits per heavy atom. The smallest absolute Gasteiger partial charge is 0.423 e. The van der Waals surface area contributed by atoms with Crippen LogP contribution in [0.25, 0.3) is 0 Å². The van der Waals surface area contributed by atoms with Gasteiger partial charge in [-0.1, -0.05) is 0 Å². The third kappa shape index (κ3) is 2.52.